The first kappa shape index (κ1) is 13.0. The van der Waals surface area contributed by atoms with Gasteiger partial charge in [-0.15, -0.1) is 0 Å². The van der Waals surface area contributed by atoms with Crippen molar-refractivity contribution in [2.45, 2.75) is 40.5 Å². The predicted octanol–water partition coefficient (Wildman–Crippen LogP) is 3.57. The van der Waals surface area contributed by atoms with Gasteiger partial charge in [-0.3, -0.25) is 0 Å². The Morgan fingerprint density at radius 1 is 1.19 bits per heavy atom. The van der Waals surface area contributed by atoms with Gasteiger partial charge >= 0.3 is 0 Å². The SMILES string of the molecule is Cc1cc(CC(C)C)ccc1CC(C)C=O. The number of carbonyl (C=O) groups is 1. The molecule has 0 amide bonds. The molecule has 0 radical (unpaired) electrons. The van der Waals surface area contributed by atoms with Crippen LogP contribution in [0.15, 0.2) is 18.2 Å². The molecule has 0 aliphatic rings. The molecule has 16 heavy (non-hydrogen) atoms. The quantitative estimate of drug-likeness (QED) is 0.690. The summed E-state index contributed by atoms with van der Waals surface area (Å²) < 4.78 is 0. The van der Waals surface area contributed by atoms with E-state index in [4.69, 9.17) is 0 Å². The fourth-order valence-electron chi connectivity index (χ4n) is 1.98. The highest BCUT2D eigenvalue weighted by atomic mass is 16.1. The predicted molar refractivity (Wildman–Crippen MR) is 68.7 cm³/mol. The Balaban J connectivity index is 2.78. The molecule has 0 saturated carbocycles. The van der Waals surface area contributed by atoms with E-state index in [1.54, 1.807) is 0 Å². The van der Waals surface area contributed by atoms with E-state index >= 15 is 0 Å². The second-order valence-electron chi connectivity index (χ2n) is 5.18. The van der Waals surface area contributed by atoms with Crippen LogP contribution in [-0.4, -0.2) is 6.29 Å². The molecule has 0 aliphatic heterocycles. The maximum atomic E-state index is 10.6. The van der Waals surface area contributed by atoms with Crippen molar-refractivity contribution in [1.29, 1.82) is 0 Å². The van der Waals surface area contributed by atoms with E-state index in [1.807, 2.05) is 6.92 Å². The lowest BCUT2D eigenvalue weighted by Gasteiger charge is -2.11. The van der Waals surface area contributed by atoms with Crippen molar-refractivity contribution < 1.29 is 4.79 Å². The second kappa shape index (κ2) is 5.83. The van der Waals surface area contributed by atoms with Gasteiger partial charge in [0, 0.05) is 5.92 Å². The molecule has 1 aromatic rings. The summed E-state index contributed by atoms with van der Waals surface area (Å²) in [6.45, 7) is 8.57. The summed E-state index contributed by atoms with van der Waals surface area (Å²) >= 11 is 0. The van der Waals surface area contributed by atoms with E-state index in [0.717, 1.165) is 19.1 Å². The lowest BCUT2D eigenvalue weighted by atomic mass is 9.94. The molecule has 0 aliphatic carbocycles. The van der Waals surface area contributed by atoms with Crippen LogP contribution in [-0.2, 0) is 17.6 Å². The van der Waals surface area contributed by atoms with Crippen LogP contribution in [0, 0.1) is 18.8 Å². The van der Waals surface area contributed by atoms with Gasteiger partial charge in [0.2, 0.25) is 0 Å². The molecule has 0 spiro atoms. The highest BCUT2D eigenvalue weighted by Crippen LogP contribution is 2.17. The zero-order chi connectivity index (χ0) is 12.1. The van der Waals surface area contributed by atoms with Gasteiger partial charge in [0.1, 0.15) is 6.29 Å². The fraction of sp³-hybridized carbons (Fsp3) is 0.533. The van der Waals surface area contributed by atoms with Crippen LogP contribution in [0.2, 0.25) is 0 Å². The lowest BCUT2D eigenvalue weighted by molar-refractivity contribution is -0.110. The fourth-order valence-corrected chi connectivity index (χ4v) is 1.98. The number of carbonyl (C=O) groups excluding carboxylic acids is 1. The normalized spacial score (nSPS) is 12.8. The Morgan fingerprint density at radius 3 is 2.38 bits per heavy atom. The Bertz CT molecular complexity index is 352. The minimum absolute atomic E-state index is 0.120. The Labute approximate surface area is 98.9 Å². The summed E-state index contributed by atoms with van der Waals surface area (Å²) in [6.07, 6.45) is 3.02. The molecule has 1 nitrogen and oxygen atoms in total. The molecular formula is C15H22O. The first-order valence-corrected chi connectivity index (χ1v) is 6.06. The van der Waals surface area contributed by atoms with Crippen molar-refractivity contribution in [2.24, 2.45) is 11.8 Å². The van der Waals surface area contributed by atoms with Crippen molar-refractivity contribution in [1.82, 2.24) is 0 Å². The van der Waals surface area contributed by atoms with Crippen molar-refractivity contribution >= 4 is 6.29 Å². The van der Waals surface area contributed by atoms with Gasteiger partial charge in [0.25, 0.3) is 0 Å². The summed E-state index contributed by atoms with van der Waals surface area (Å²) in [4.78, 5) is 10.6. The van der Waals surface area contributed by atoms with Gasteiger partial charge in [0.15, 0.2) is 0 Å². The van der Waals surface area contributed by atoms with Gasteiger partial charge in [-0.2, -0.15) is 0 Å². The van der Waals surface area contributed by atoms with E-state index < -0.39 is 0 Å². The summed E-state index contributed by atoms with van der Waals surface area (Å²) in [5.41, 5.74) is 4.01. The van der Waals surface area contributed by atoms with Gasteiger partial charge in [-0.1, -0.05) is 39.0 Å². The molecule has 1 unspecified atom stereocenters. The summed E-state index contributed by atoms with van der Waals surface area (Å²) in [5, 5.41) is 0. The molecular weight excluding hydrogens is 196 g/mol. The summed E-state index contributed by atoms with van der Waals surface area (Å²) in [6, 6.07) is 6.62. The molecule has 1 heteroatoms. The average molecular weight is 218 g/mol. The third-order valence-electron chi connectivity index (χ3n) is 2.83. The van der Waals surface area contributed by atoms with E-state index in [1.165, 1.54) is 16.7 Å². The van der Waals surface area contributed by atoms with Gasteiger partial charge in [0.05, 0.1) is 0 Å². The van der Waals surface area contributed by atoms with Crippen LogP contribution in [0.1, 0.15) is 37.5 Å². The molecule has 0 bridgehead atoms. The standard InChI is InChI=1S/C15H22O/c1-11(2)7-14-5-6-15(13(4)9-14)8-12(3)10-16/h5-6,9-12H,7-8H2,1-4H3. The van der Waals surface area contributed by atoms with Crippen molar-refractivity contribution in [3.63, 3.8) is 0 Å². The largest absolute Gasteiger partial charge is 0.303 e. The molecule has 0 heterocycles. The zero-order valence-corrected chi connectivity index (χ0v) is 10.8. The zero-order valence-electron chi connectivity index (χ0n) is 10.8. The van der Waals surface area contributed by atoms with Crippen molar-refractivity contribution in [3.05, 3.63) is 34.9 Å². The number of aryl methyl sites for hydroxylation is 1. The Morgan fingerprint density at radius 2 is 1.88 bits per heavy atom. The van der Waals surface area contributed by atoms with E-state index in [2.05, 4.69) is 39.0 Å². The summed E-state index contributed by atoms with van der Waals surface area (Å²) in [5.74, 6) is 0.814. The van der Waals surface area contributed by atoms with Crippen molar-refractivity contribution in [3.8, 4) is 0 Å². The number of hydrogen-bond acceptors (Lipinski definition) is 1. The number of benzene rings is 1. The van der Waals surface area contributed by atoms with Crippen LogP contribution >= 0.6 is 0 Å². The van der Waals surface area contributed by atoms with Crippen LogP contribution in [0.25, 0.3) is 0 Å². The second-order valence-corrected chi connectivity index (χ2v) is 5.18. The number of hydrogen-bond donors (Lipinski definition) is 0. The number of aldehydes is 1. The topological polar surface area (TPSA) is 17.1 Å². The average Bonchev–Trinajstić information content (AvgIpc) is 2.21. The van der Waals surface area contributed by atoms with Gasteiger partial charge in [-0.05, 0) is 42.4 Å². The van der Waals surface area contributed by atoms with Crippen LogP contribution in [0.5, 0.6) is 0 Å². The minimum Gasteiger partial charge on any atom is -0.303 e. The molecule has 1 rings (SSSR count). The van der Waals surface area contributed by atoms with E-state index in [0.29, 0.717) is 5.92 Å². The van der Waals surface area contributed by atoms with E-state index in [-0.39, 0.29) is 5.92 Å². The highest BCUT2D eigenvalue weighted by Gasteiger charge is 2.06. The lowest BCUT2D eigenvalue weighted by Crippen LogP contribution is -2.03. The van der Waals surface area contributed by atoms with Crippen molar-refractivity contribution in [2.75, 3.05) is 0 Å². The van der Waals surface area contributed by atoms with Crippen LogP contribution < -0.4 is 0 Å². The first-order valence-electron chi connectivity index (χ1n) is 6.06. The smallest absolute Gasteiger partial charge is 0.123 e. The summed E-state index contributed by atoms with van der Waals surface area (Å²) in [7, 11) is 0. The molecule has 0 aromatic heterocycles. The molecule has 0 saturated heterocycles. The van der Waals surface area contributed by atoms with Gasteiger partial charge in [-0.25, -0.2) is 0 Å². The first-order chi connectivity index (χ1) is 7.52. The minimum atomic E-state index is 0.120. The third-order valence-corrected chi connectivity index (χ3v) is 2.83. The Kier molecular flexibility index (Phi) is 4.72. The monoisotopic (exact) mass is 218 g/mol. The van der Waals surface area contributed by atoms with E-state index in [9.17, 15) is 4.79 Å². The molecule has 0 N–H and O–H groups in total. The molecule has 1 atom stereocenters. The molecule has 0 fully saturated rings. The maximum Gasteiger partial charge on any atom is 0.123 e. The number of rotatable bonds is 5. The highest BCUT2D eigenvalue weighted by molar-refractivity contribution is 5.54. The third kappa shape index (κ3) is 3.80. The van der Waals surface area contributed by atoms with Crippen LogP contribution in [0.3, 0.4) is 0 Å². The van der Waals surface area contributed by atoms with Crippen LogP contribution in [0.4, 0.5) is 0 Å². The van der Waals surface area contributed by atoms with Gasteiger partial charge < -0.3 is 4.79 Å². The Hall–Kier alpha value is -1.11. The maximum absolute atomic E-state index is 10.6. The molecule has 88 valence electrons. The molecule has 1 aromatic carbocycles.